The van der Waals surface area contributed by atoms with Crippen molar-refractivity contribution in [3.05, 3.63) is 219 Å². The molecule has 0 saturated heterocycles. The highest BCUT2D eigenvalue weighted by atomic mass is 15.0. The van der Waals surface area contributed by atoms with Crippen LogP contribution in [0.4, 0.5) is 0 Å². The minimum absolute atomic E-state index is 0.625. The van der Waals surface area contributed by atoms with Crippen LogP contribution in [-0.4, -0.2) is 19.9 Å². The molecule has 0 aliphatic rings. The van der Waals surface area contributed by atoms with E-state index < -0.39 is 0 Å². The third kappa shape index (κ3) is 6.47. The van der Waals surface area contributed by atoms with Crippen molar-refractivity contribution in [3.63, 3.8) is 0 Å². The summed E-state index contributed by atoms with van der Waals surface area (Å²) < 4.78 is 0. The van der Waals surface area contributed by atoms with E-state index in [9.17, 15) is 0 Å². The topological polar surface area (TPSA) is 51.6 Å². The van der Waals surface area contributed by atoms with Crippen molar-refractivity contribution in [2.24, 2.45) is 0 Å². The minimum atomic E-state index is 0.625. The maximum absolute atomic E-state index is 5.20. The van der Waals surface area contributed by atoms with E-state index in [2.05, 4.69) is 194 Å². The van der Waals surface area contributed by atoms with Gasteiger partial charge in [-0.3, -0.25) is 4.98 Å². The molecule has 0 aliphatic carbocycles. The fourth-order valence-corrected chi connectivity index (χ4v) is 8.40. The van der Waals surface area contributed by atoms with E-state index >= 15 is 0 Å². The van der Waals surface area contributed by atoms with Gasteiger partial charge in [-0.25, -0.2) is 15.0 Å². The van der Waals surface area contributed by atoms with E-state index in [0.717, 1.165) is 71.6 Å². The van der Waals surface area contributed by atoms with E-state index in [1.807, 2.05) is 24.4 Å². The molecule has 0 aliphatic heterocycles. The smallest absolute Gasteiger partial charge is 0.164 e. The molecule has 0 saturated carbocycles. The Hall–Kier alpha value is -8.08. The van der Waals surface area contributed by atoms with Crippen molar-refractivity contribution in [2.75, 3.05) is 0 Å². The van der Waals surface area contributed by atoms with Gasteiger partial charge in [0.15, 0.2) is 17.5 Å². The Bertz CT molecular complexity index is 3240. The molecule has 0 radical (unpaired) electrons. The van der Waals surface area contributed by atoms with Crippen molar-refractivity contribution in [1.29, 1.82) is 0 Å². The van der Waals surface area contributed by atoms with Gasteiger partial charge in [0.2, 0.25) is 0 Å². The standard InChI is InChI=1S/C56H36N4/c1-3-13-37(14-4-1)39-24-28-41(29-25-39)54-58-55(42-30-26-40(27-31-42)38-15-5-2-6-16-38)60-56(59-54)51-33-32-46(47-20-7-8-21-48(47)51)43-17-11-18-44(35-43)52-36-45-19-12-34-57-53(45)50-23-10-9-22-49(50)52/h1-36H. The summed E-state index contributed by atoms with van der Waals surface area (Å²) in [5.41, 5.74) is 13.1. The molecule has 0 spiro atoms. The molecule has 0 atom stereocenters. The summed E-state index contributed by atoms with van der Waals surface area (Å²) >= 11 is 0. The minimum Gasteiger partial charge on any atom is -0.256 e. The van der Waals surface area contributed by atoms with Gasteiger partial charge in [0.05, 0.1) is 5.52 Å². The van der Waals surface area contributed by atoms with Gasteiger partial charge < -0.3 is 0 Å². The van der Waals surface area contributed by atoms with Crippen molar-refractivity contribution < 1.29 is 0 Å². The molecule has 2 aromatic heterocycles. The first-order valence-corrected chi connectivity index (χ1v) is 20.2. The zero-order valence-corrected chi connectivity index (χ0v) is 32.6. The van der Waals surface area contributed by atoms with Crippen LogP contribution in [0.25, 0.3) is 111 Å². The van der Waals surface area contributed by atoms with Crippen LogP contribution >= 0.6 is 0 Å². The molecule has 4 nitrogen and oxygen atoms in total. The van der Waals surface area contributed by atoms with Gasteiger partial charge in [-0.05, 0) is 84.9 Å². The lowest BCUT2D eigenvalue weighted by Gasteiger charge is -2.15. The number of pyridine rings is 1. The van der Waals surface area contributed by atoms with Crippen LogP contribution in [0.3, 0.4) is 0 Å². The zero-order chi connectivity index (χ0) is 39.8. The lowest BCUT2D eigenvalue weighted by molar-refractivity contribution is 1.08. The molecule has 11 aromatic rings. The highest BCUT2D eigenvalue weighted by Gasteiger charge is 2.17. The van der Waals surface area contributed by atoms with E-state index in [1.54, 1.807) is 0 Å². The first kappa shape index (κ1) is 35.1. The molecule has 2 heterocycles. The van der Waals surface area contributed by atoms with Crippen molar-refractivity contribution in [3.8, 4) is 78.7 Å². The molecule has 0 amide bonds. The van der Waals surface area contributed by atoms with Crippen LogP contribution in [0, 0.1) is 0 Å². The quantitative estimate of drug-likeness (QED) is 0.152. The fraction of sp³-hybridized carbons (Fsp3) is 0. The Morgan fingerprint density at radius 2 is 0.683 bits per heavy atom. The van der Waals surface area contributed by atoms with Gasteiger partial charge in [0, 0.05) is 33.7 Å². The second-order valence-corrected chi connectivity index (χ2v) is 15.0. The number of aromatic nitrogens is 4. The summed E-state index contributed by atoms with van der Waals surface area (Å²) in [6.45, 7) is 0. The molecule has 0 unspecified atom stereocenters. The third-order valence-electron chi connectivity index (χ3n) is 11.4. The SMILES string of the molecule is c1ccc(-c2ccc(-c3nc(-c4ccc(-c5ccccc5)cc4)nc(-c4ccc(-c5cccc(-c6cc7cccnc7c7ccccc67)c5)c5ccccc45)n3)cc2)cc1. The average Bonchev–Trinajstić information content (AvgIpc) is 3.34. The molecule has 0 bridgehead atoms. The Kier molecular flexibility index (Phi) is 8.79. The molecule has 280 valence electrons. The average molecular weight is 765 g/mol. The van der Waals surface area contributed by atoms with Crippen molar-refractivity contribution in [2.45, 2.75) is 0 Å². The van der Waals surface area contributed by atoms with Crippen molar-refractivity contribution >= 4 is 32.4 Å². The predicted molar refractivity (Wildman–Crippen MR) is 248 cm³/mol. The number of benzene rings is 9. The van der Waals surface area contributed by atoms with Gasteiger partial charge in [0.25, 0.3) is 0 Å². The van der Waals surface area contributed by atoms with Crippen LogP contribution < -0.4 is 0 Å². The summed E-state index contributed by atoms with van der Waals surface area (Å²) in [5, 5.41) is 5.67. The maximum atomic E-state index is 5.20. The number of nitrogens with zero attached hydrogens (tertiary/aromatic N) is 4. The molecule has 0 N–H and O–H groups in total. The first-order chi connectivity index (χ1) is 29.7. The largest absolute Gasteiger partial charge is 0.256 e. The van der Waals surface area contributed by atoms with Crippen molar-refractivity contribution in [1.82, 2.24) is 19.9 Å². The number of rotatable bonds is 7. The van der Waals surface area contributed by atoms with E-state index in [-0.39, 0.29) is 0 Å². The second kappa shape index (κ2) is 15.0. The van der Waals surface area contributed by atoms with Gasteiger partial charge >= 0.3 is 0 Å². The lowest BCUT2D eigenvalue weighted by Crippen LogP contribution is -2.01. The van der Waals surface area contributed by atoms with E-state index in [0.29, 0.717) is 17.5 Å². The van der Waals surface area contributed by atoms with Gasteiger partial charge in [0.1, 0.15) is 0 Å². The van der Waals surface area contributed by atoms with Crippen LogP contribution in [0.2, 0.25) is 0 Å². The summed E-state index contributed by atoms with van der Waals surface area (Å²) in [4.78, 5) is 20.2. The van der Waals surface area contributed by atoms with E-state index in [4.69, 9.17) is 19.9 Å². The maximum Gasteiger partial charge on any atom is 0.164 e. The molecule has 11 rings (SSSR count). The number of fused-ring (bicyclic) bond motifs is 4. The Balaban J connectivity index is 1.04. The van der Waals surface area contributed by atoms with Crippen LogP contribution in [-0.2, 0) is 0 Å². The Morgan fingerprint density at radius 3 is 1.28 bits per heavy atom. The second-order valence-electron chi connectivity index (χ2n) is 15.0. The summed E-state index contributed by atoms with van der Waals surface area (Å²) in [6, 6.07) is 74.6. The Labute approximate surface area is 348 Å². The van der Waals surface area contributed by atoms with Crippen LogP contribution in [0.15, 0.2) is 219 Å². The molecule has 4 heteroatoms. The highest BCUT2D eigenvalue weighted by molar-refractivity contribution is 6.12. The third-order valence-corrected chi connectivity index (χ3v) is 11.4. The predicted octanol–water partition coefficient (Wildman–Crippen LogP) is 14.4. The normalized spacial score (nSPS) is 11.3. The highest BCUT2D eigenvalue weighted by Crippen LogP contribution is 2.39. The summed E-state index contributed by atoms with van der Waals surface area (Å²) in [5.74, 6) is 1.88. The molecule has 0 fully saturated rings. The van der Waals surface area contributed by atoms with Crippen LogP contribution in [0.1, 0.15) is 0 Å². The van der Waals surface area contributed by atoms with Gasteiger partial charge in [-0.2, -0.15) is 0 Å². The van der Waals surface area contributed by atoms with E-state index in [1.165, 1.54) is 22.1 Å². The lowest BCUT2D eigenvalue weighted by atomic mass is 9.91. The molecule has 9 aromatic carbocycles. The fourth-order valence-electron chi connectivity index (χ4n) is 8.40. The van der Waals surface area contributed by atoms with Crippen LogP contribution in [0.5, 0.6) is 0 Å². The zero-order valence-electron chi connectivity index (χ0n) is 32.6. The molecule has 60 heavy (non-hydrogen) atoms. The van der Waals surface area contributed by atoms with Gasteiger partial charge in [-0.1, -0.05) is 188 Å². The number of hydrogen-bond acceptors (Lipinski definition) is 4. The molecular formula is C56H36N4. The summed E-state index contributed by atoms with van der Waals surface area (Å²) in [6.07, 6.45) is 1.87. The summed E-state index contributed by atoms with van der Waals surface area (Å²) in [7, 11) is 0. The Morgan fingerprint density at radius 1 is 0.250 bits per heavy atom. The molecular weight excluding hydrogens is 729 g/mol. The van der Waals surface area contributed by atoms with Gasteiger partial charge in [-0.15, -0.1) is 0 Å². The monoisotopic (exact) mass is 764 g/mol. The first-order valence-electron chi connectivity index (χ1n) is 20.2. The number of hydrogen-bond donors (Lipinski definition) is 0.